The number of aromatic nitrogens is 1. The Morgan fingerprint density at radius 2 is 1.82 bits per heavy atom. The zero-order valence-corrected chi connectivity index (χ0v) is 16.6. The van der Waals surface area contributed by atoms with Crippen molar-refractivity contribution in [2.45, 2.75) is 25.6 Å². The third kappa shape index (κ3) is 4.67. The van der Waals surface area contributed by atoms with Crippen LogP contribution >= 0.6 is 0 Å². The molecule has 28 heavy (non-hydrogen) atoms. The zero-order chi connectivity index (χ0) is 20.1. The molecule has 3 rings (SSSR count). The molecule has 1 heterocycles. The van der Waals surface area contributed by atoms with E-state index in [0.29, 0.717) is 17.5 Å². The molecule has 0 bridgehead atoms. The van der Waals surface area contributed by atoms with Crippen LogP contribution in [-0.4, -0.2) is 36.0 Å². The van der Waals surface area contributed by atoms with Crippen molar-refractivity contribution in [3.05, 3.63) is 81.6 Å². The number of nitrogens with zero attached hydrogens (tertiary/aromatic N) is 1. The number of rotatable bonds is 8. The molecule has 0 unspecified atom stereocenters. The summed E-state index contributed by atoms with van der Waals surface area (Å²) in [6.45, 7) is 1.91. The van der Waals surface area contributed by atoms with Gasteiger partial charge in [0.05, 0.1) is 11.3 Å². The first kappa shape index (κ1) is 20.3. The van der Waals surface area contributed by atoms with Crippen molar-refractivity contribution in [2.24, 2.45) is 0 Å². The predicted molar refractivity (Wildman–Crippen MR) is 110 cm³/mol. The molecule has 0 spiro atoms. The molecule has 0 saturated heterocycles. The maximum absolute atomic E-state index is 13.0. The second kappa shape index (κ2) is 8.68. The van der Waals surface area contributed by atoms with Crippen LogP contribution in [0.1, 0.15) is 23.1 Å². The lowest BCUT2D eigenvalue weighted by molar-refractivity contribution is 0.267. The van der Waals surface area contributed by atoms with Crippen LogP contribution < -0.4 is 5.56 Å². The van der Waals surface area contributed by atoms with Crippen molar-refractivity contribution >= 4 is 20.9 Å². The highest BCUT2D eigenvalue weighted by atomic mass is 32.2. The lowest BCUT2D eigenvalue weighted by atomic mass is 10.1. The second-order valence-corrected chi connectivity index (χ2v) is 8.78. The number of para-hydroxylation sites is 1. The molecule has 0 aliphatic heterocycles. The Morgan fingerprint density at radius 1 is 1.07 bits per heavy atom. The molecule has 6 nitrogen and oxygen atoms in total. The summed E-state index contributed by atoms with van der Waals surface area (Å²) < 4.78 is 27.2. The minimum Gasteiger partial charge on any atom is -0.396 e. The molecule has 2 aromatic carbocycles. The minimum absolute atomic E-state index is 0.0334. The lowest BCUT2D eigenvalue weighted by Crippen LogP contribution is -2.35. The molecule has 0 aliphatic rings. The molecule has 3 aromatic rings. The number of aromatic amines is 1. The van der Waals surface area contributed by atoms with Gasteiger partial charge in [0.2, 0.25) is 10.0 Å². The summed E-state index contributed by atoms with van der Waals surface area (Å²) in [6.07, 6.45) is 0.304. The summed E-state index contributed by atoms with van der Waals surface area (Å²) in [5.41, 5.74) is 2.47. The Labute approximate surface area is 164 Å². The number of sulfonamides is 1. The number of benzene rings is 2. The number of nitrogens with one attached hydrogen (secondary N) is 1. The molecule has 148 valence electrons. The fourth-order valence-electron chi connectivity index (χ4n) is 3.18. The summed E-state index contributed by atoms with van der Waals surface area (Å²) in [4.78, 5) is 15.4. The summed E-state index contributed by atoms with van der Waals surface area (Å²) in [6, 6.07) is 16.4. The molecule has 0 saturated carbocycles. The quantitative estimate of drug-likeness (QED) is 0.608. The number of aryl methyl sites for hydroxylation is 1. The van der Waals surface area contributed by atoms with Crippen LogP contribution in [0.5, 0.6) is 0 Å². The van der Waals surface area contributed by atoms with Gasteiger partial charge >= 0.3 is 0 Å². The van der Waals surface area contributed by atoms with E-state index in [0.717, 1.165) is 16.5 Å². The molecule has 0 radical (unpaired) electrons. The molecule has 0 amide bonds. The largest absolute Gasteiger partial charge is 0.396 e. The van der Waals surface area contributed by atoms with Gasteiger partial charge < -0.3 is 10.1 Å². The first-order valence-corrected chi connectivity index (χ1v) is 10.8. The monoisotopic (exact) mass is 400 g/mol. The molecule has 7 heteroatoms. The Kier molecular flexibility index (Phi) is 6.28. The fourth-order valence-corrected chi connectivity index (χ4v) is 4.72. The van der Waals surface area contributed by atoms with E-state index in [1.165, 1.54) is 4.31 Å². The van der Waals surface area contributed by atoms with Crippen molar-refractivity contribution in [1.82, 2.24) is 9.29 Å². The van der Waals surface area contributed by atoms with Gasteiger partial charge in [0.25, 0.3) is 5.56 Å². The Hall–Kier alpha value is -2.48. The van der Waals surface area contributed by atoms with Crippen molar-refractivity contribution in [1.29, 1.82) is 0 Å². The number of hydrogen-bond donors (Lipinski definition) is 2. The number of H-pyrrole nitrogens is 1. The van der Waals surface area contributed by atoms with E-state index < -0.39 is 10.0 Å². The average molecular weight is 401 g/mol. The average Bonchev–Trinajstić information content (AvgIpc) is 2.66. The van der Waals surface area contributed by atoms with E-state index in [-0.39, 0.29) is 31.0 Å². The van der Waals surface area contributed by atoms with Gasteiger partial charge in [-0.15, -0.1) is 0 Å². The Morgan fingerprint density at radius 3 is 2.54 bits per heavy atom. The van der Waals surface area contributed by atoms with E-state index in [2.05, 4.69) is 4.98 Å². The van der Waals surface area contributed by atoms with Crippen LogP contribution in [0.25, 0.3) is 10.9 Å². The lowest BCUT2D eigenvalue weighted by Gasteiger charge is -2.22. The third-order valence-corrected chi connectivity index (χ3v) is 6.46. The first-order chi connectivity index (χ1) is 13.4. The normalized spacial score (nSPS) is 12.0. The number of fused-ring (bicyclic) bond motifs is 1. The van der Waals surface area contributed by atoms with Crippen molar-refractivity contribution in [2.75, 3.05) is 13.2 Å². The molecule has 1 aromatic heterocycles. The summed E-state index contributed by atoms with van der Waals surface area (Å²) in [7, 11) is -3.65. The van der Waals surface area contributed by atoms with Crippen LogP contribution in [0.15, 0.2) is 59.4 Å². The summed E-state index contributed by atoms with van der Waals surface area (Å²) in [5, 5.41) is 10.0. The molecule has 0 aliphatic carbocycles. The number of aliphatic hydroxyl groups is 1. The van der Waals surface area contributed by atoms with Gasteiger partial charge in [-0.3, -0.25) is 4.79 Å². The molecular weight excluding hydrogens is 376 g/mol. The third-order valence-electron chi connectivity index (χ3n) is 4.66. The van der Waals surface area contributed by atoms with Crippen LogP contribution in [0.4, 0.5) is 0 Å². The van der Waals surface area contributed by atoms with Gasteiger partial charge in [-0.25, -0.2) is 8.42 Å². The summed E-state index contributed by atoms with van der Waals surface area (Å²) >= 11 is 0. The Balaban J connectivity index is 1.93. The van der Waals surface area contributed by atoms with Gasteiger partial charge in [-0.05, 0) is 35.9 Å². The highest BCUT2D eigenvalue weighted by Crippen LogP contribution is 2.18. The molecule has 0 fully saturated rings. The maximum Gasteiger partial charge on any atom is 0.252 e. The Bertz CT molecular complexity index is 1110. The summed E-state index contributed by atoms with van der Waals surface area (Å²) in [5.74, 6) is -0.149. The first-order valence-electron chi connectivity index (χ1n) is 9.15. The van der Waals surface area contributed by atoms with Crippen LogP contribution in [0.3, 0.4) is 0 Å². The van der Waals surface area contributed by atoms with Gasteiger partial charge in [0.15, 0.2) is 0 Å². The number of aliphatic hydroxyl groups excluding tert-OH is 1. The second-order valence-electron chi connectivity index (χ2n) is 6.82. The number of hydrogen-bond acceptors (Lipinski definition) is 4. The molecular formula is C21H24N2O4S. The van der Waals surface area contributed by atoms with Crippen LogP contribution in [0, 0.1) is 6.92 Å². The van der Waals surface area contributed by atoms with Gasteiger partial charge in [-0.1, -0.05) is 48.5 Å². The van der Waals surface area contributed by atoms with E-state index in [1.54, 1.807) is 30.3 Å². The van der Waals surface area contributed by atoms with E-state index >= 15 is 0 Å². The van der Waals surface area contributed by atoms with E-state index in [9.17, 15) is 18.3 Å². The molecule has 0 atom stereocenters. The maximum atomic E-state index is 13.0. The van der Waals surface area contributed by atoms with E-state index in [4.69, 9.17) is 0 Å². The van der Waals surface area contributed by atoms with Gasteiger partial charge in [-0.2, -0.15) is 4.31 Å². The highest BCUT2D eigenvalue weighted by Gasteiger charge is 2.23. The van der Waals surface area contributed by atoms with Crippen molar-refractivity contribution < 1.29 is 13.5 Å². The van der Waals surface area contributed by atoms with Crippen LogP contribution in [0.2, 0.25) is 0 Å². The predicted octanol–water partition coefficient (Wildman–Crippen LogP) is 2.55. The van der Waals surface area contributed by atoms with Crippen molar-refractivity contribution in [3.63, 3.8) is 0 Å². The fraction of sp³-hybridized carbons (Fsp3) is 0.286. The van der Waals surface area contributed by atoms with Gasteiger partial charge in [0, 0.05) is 25.3 Å². The highest BCUT2D eigenvalue weighted by molar-refractivity contribution is 7.88. The molecule has 2 N–H and O–H groups in total. The zero-order valence-electron chi connectivity index (χ0n) is 15.8. The topological polar surface area (TPSA) is 90.5 Å². The number of pyridine rings is 1. The standard InChI is InChI=1S/C21H24N2O4S/c1-16-7-5-10-18-13-19(21(25)22-20(16)18)14-23(11-6-12-24)28(26,27)15-17-8-3-2-4-9-17/h2-5,7-10,13,24H,6,11-12,14-15H2,1H3,(H,22,25). The SMILES string of the molecule is Cc1cccc2cc(CN(CCCO)S(=O)(=O)Cc3ccccc3)c(=O)[nH]c12. The van der Waals surface area contributed by atoms with Crippen molar-refractivity contribution in [3.8, 4) is 0 Å². The van der Waals surface area contributed by atoms with Crippen LogP contribution in [-0.2, 0) is 22.3 Å². The van der Waals surface area contributed by atoms with Gasteiger partial charge in [0.1, 0.15) is 0 Å². The minimum atomic E-state index is -3.65. The van der Waals surface area contributed by atoms with E-state index in [1.807, 2.05) is 31.2 Å². The smallest absolute Gasteiger partial charge is 0.252 e.